The summed E-state index contributed by atoms with van der Waals surface area (Å²) in [5, 5.41) is 7.38. The van der Waals surface area contributed by atoms with Crippen LogP contribution in [0.5, 0.6) is 0 Å². The maximum Gasteiger partial charge on any atom is 0.315 e. The van der Waals surface area contributed by atoms with Gasteiger partial charge in [0.15, 0.2) is 0 Å². The monoisotopic (exact) mass is 173 g/mol. The third-order valence-electron chi connectivity index (χ3n) is 1.22. The third kappa shape index (κ3) is 5.52. The number of carbonyl (C=O) groups excluding carboxylic acids is 2. The normalized spacial score (nSPS) is 8.83. The number of urea groups is 1. The zero-order valence-corrected chi connectivity index (χ0v) is 7.44. The van der Waals surface area contributed by atoms with E-state index in [1.165, 1.54) is 7.05 Å². The fraction of sp³-hybridized carbons (Fsp3) is 0.714. The Hall–Kier alpha value is -1.26. The molecule has 3 amide bonds. The molecule has 0 rings (SSSR count). The molecule has 0 radical (unpaired) electrons. The molecule has 5 heteroatoms. The second-order valence-electron chi connectivity index (χ2n) is 2.28. The highest BCUT2D eigenvalue weighted by molar-refractivity contribution is 5.83. The molecule has 0 aromatic rings. The molecule has 0 heterocycles. The van der Waals surface area contributed by atoms with Gasteiger partial charge in [0.1, 0.15) is 0 Å². The summed E-state index contributed by atoms with van der Waals surface area (Å²) in [4.78, 5) is 21.5. The predicted octanol–water partition coefficient (Wildman–Crippen LogP) is -0.558. The summed E-state index contributed by atoms with van der Waals surface area (Å²) in [5.41, 5.74) is 0. The Morgan fingerprint density at radius 3 is 2.42 bits per heavy atom. The molecule has 0 spiro atoms. The summed E-state index contributed by atoms with van der Waals surface area (Å²) in [6, 6.07) is -0.305. The highest BCUT2D eigenvalue weighted by atomic mass is 16.2. The average molecular weight is 173 g/mol. The van der Waals surface area contributed by atoms with Gasteiger partial charge in [-0.05, 0) is 6.42 Å². The Morgan fingerprint density at radius 1 is 1.25 bits per heavy atom. The Morgan fingerprint density at radius 2 is 1.92 bits per heavy atom. The van der Waals surface area contributed by atoms with E-state index >= 15 is 0 Å². The zero-order chi connectivity index (χ0) is 9.40. The molecule has 0 aromatic carbocycles. The van der Waals surface area contributed by atoms with E-state index in [4.69, 9.17) is 0 Å². The van der Waals surface area contributed by atoms with Crippen LogP contribution in [0.15, 0.2) is 0 Å². The molecule has 3 N–H and O–H groups in total. The van der Waals surface area contributed by atoms with Gasteiger partial charge in [-0.1, -0.05) is 6.92 Å². The molecule has 0 unspecified atom stereocenters. The number of rotatable bonds is 4. The van der Waals surface area contributed by atoms with E-state index in [0.717, 1.165) is 6.42 Å². The van der Waals surface area contributed by atoms with Gasteiger partial charge in [0.2, 0.25) is 5.91 Å². The molecule has 0 aromatic heterocycles. The van der Waals surface area contributed by atoms with E-state index in [9.17, 15) is 9.59 Å². The molecule has 0 aliphatic rings. The minimum Gasteiger partial charge on any atom is -0.358 e. The first-order valence-electron chi connectivity index (χ1n) is 3.93. The lowest BCUT2D eigenvalue weighted by Gasteiger charge is -2.04. The Labute approximate surface area is 71.9 Å². The fourth-order valence-electron chi connectivity index (χ4n) is 0.550. The van der Waals surface area contributed by atoms with Gasteiger partial charge in [0.05, 0.1) is 6.54 Å². The predicted molar refractivity (Wildman–Crippen MR) is 45.8 cm³/mol. The second-order valence-corrected chi connectivity index (χ2v) is 2.28. The molecule has 0 saturated carbocycles. The minimum absolute atomic E-state index is 0.0199. The van der Waals surface area contributed by atoms with E-state index < -0.39 is 0 Å². The van der Waals surface area contributed by atoms with Crippen molar-refractivity contribution in [2.75, 3.05) is 20.1 Å². The summed E-state index contributed by atoms with van der Waals surface area (Å²) in [7, 11) is 1.52. The topological polar surface area (TPSA) is 70.2 Å². The second kappa shape index (κ2) is 6.45. The first-order chi connectivity index (χ1) is 5.70. The summed E-state index contributed by atoms with van der Waals surface area (Å²) < 4.78 is 0. The van der Waals surface area contributed by atoms with Crippen LogP contribution in [0.1, 0.15) is 13.3 Å². The zero-order valence-electron chi connectivity index (χ0n) is 7.44. The van der Waals surface area contributed by atoms with Crippen LogP contribution < -0.4 is 16.0 Å². The number of hydrogen-bond donors (Lipinski definition) is 3. The average Bonchev–Trinajstić information content (AvgIpc) is 2.10. The first-order valence-corrected chi connectivity index (χ1v) is 3.93. The van der Waals surface area contributed by atoms with Crippen LogP contribution in [0.2, 0.25) is 0 Å². The molecule has 0 atom stereocenters. The van der Waals surface area contributed by atoms with Crippen molar-refractivity contribution in [3.63, 3.8) is 0 Å². The Kier molecular flexibility index (Phi) is 5.77. The van der Waals surface area contributed by atoms with Crippen molar-refractivity contribution < 1.29 is 9.59 Å². The number of carbonyl (C=O) groups is 2. The quantitative estimate of drug-likeness (QED) is 0.533. The number of hydrogen-bond acceptors (Lipinski definition) is 2. The van der Waals surface area contributed by atoms with Crippen LogP contribution in [0.4, 0.5) is 4.79 Å². The van der Waals surface area contributed by atoms with Crippen molar-refractivity contribution in [3.05, 3.63) is 0 Å². The number of likely N-dealkylation sites (N-methyl/N-ethyl adjacent to an activating group) is 1. The van der Waals surface area contributed by atoms with Gasteiger partial charge < -0.3 is 16.0 Å². The van der Waals surface area contributed by atoms with Crippen molar-refractivity contribution in [2.45, 2.75) is 13.3 Å². The molecule has 0 aliphatic carbocycles. The smallest absolute Gasteiger partial charge is 0.315 e. The lowest BCUT2D eigenvalue weighted by atomic mass is 10.5. The lowest BCUT2D eigenvalue weighted by molar-refractivity contribution is -0.119. The van der Waals surface area contributed by atoms with Crippen molar-refractivity contribution in [1.29, 1.82) is 0 Å². The maximum absolute atomic E-state index is 10.8. The van der Waals surface area contributed by atoms with E-state index in [2.05, 4.69) is 16.0 Å². The first kappa shape index (κ1) is 10.7. The van der Waals surface area contributed by atoms with Gasteiger partial charge in [-0.2, -0.15) is 0 Å². The highest BCUT2D eigenvalue weighted by Gasteiger charge is 2.00. The molecular weight excluding hydrogens is 158 g/mol. The van der Waals surface area contributed by atoms with Crippen LogP contribution in [-0.2, 0) is 4.79 Å². The Balaban J connectivity index is 3.37. The number of amides is 3. The third-order valence-corrected chi connectivity index (χ3v) is 1.22. The van der Waals surface area contributed by atoms with Crippen molar-refractivity contribution in [3.8, 4) is 0 Å². The van der Waals surface area contributed by atoms with Crippen LogP contribution in [0.25, 0.3) is 0 Å². The van der Waals surface area contributed by atoms with Gasteiger partial charge in [-0.25, -0.2) is 4.79 Å². The van der Waals surface area contributed by atoms with E-state index in [1.807, 2.05) is 6.92 Å². The van der Waals surface area contributed by atoms with Crippen LogP contribution in [0, 0.1) is 0 Å². The molecule has 0 bridgehead atoms. The molecule has 0 saturated heterocycles. The SMILES string of the molecule is CCCNC(=O)NCC(=O)NC. The van der Waals surface area contributed by atoms with Gasteiger partial charge in [0.25, 0.3) is 0 Å². The summed E-state index contributed by atoms with van der Waals surface area (Å²) >= 11 is 0. The van der Waals surface area contributed by atoms with Crippen LogP contribution >= 0.6 is 0 Å². The van der Waals surface area contributed by atoms with Gasteiger partial charge in [0, 0.05) is 13.6 Å². The van der Waals surface area contributed by atoms with Crippen molar-refractivity contribution >= 4 is 11.9 Å². The summed E-state index contributed by atoms with van der Waals surface area (Å²) in [5.74, 6) is -0.207. The van der Waals surface area contributed by atoms with E-state index in [-0.39, 0.29) is 18.5 Å². The van der Waals surface area contributed by atoms with Crippen molar-refractivity contribution in [1.82, 2.24) is 16.0 Å². The number of nitrogens with one attached hydrogen (secondary N) is 3. The summed E-state index contributed by atoms with van der Waals surface area (Å²) in [6.45, 7) is 2.60. The lowest BCUT2D eigenvalue weighted by Crippen LogP contribution is -2.41. The van der Waals surface area contributed by atoms with Gasteiger partial charge in [-0.15, -0.1) is 0 Å². The largest absolute Gasteiger partial charge is 0.358 e. The minimum atomic E-state index is -0.305. The molecular formula is C7H15N3O2. The van der Waals surface area contributed by atoms with Crippen molar-refractivity contribution in [2.24, 2.45) is 0 Å². The highest BCUT2D eigenvalue weighted by Crippen LogP contribution is 1.70. The van der Waals surface area contributed by atoms with Crippen LogP contribution in [0.3, 0.4) is 0 Å². The van der Waals surface area contributed by atoms with Crippen LogP contribution in [-0.4, -0.2) is 32.1 Å². The van der Waals surface area contributed by atoms with Gasteiger partial charge >= 0.3 is 6.03 Å². The Bertz CT molecular complexity index is 159. The molecule has 70 valence electrons. The molecule has 12 heavy (non-hydrogen) atoms. The molecule has 0 aliphatic heterocycles. The maximum atomic E-state index is 10.8. The molecule has 0 fully saturated rings. The van der Waals surface area contributed by atoms with E-state index in [0.29, 0.717) is 6.54 Å². The van der Waals surface area contributed by atoms with Gasteiger partial charge in [-0.3, -0.25) is 4.79 Å². The standard InChI is InChI=1S/C7H15N3O2/c1-3-4-9-7(12)10-5-6(11)8-2/h3-5H2,1-2H3,(H,8,11)(H2,9,10,12). The van der Waals surface area contributed by atoms with E-state index in [1.54, 1.807) is 0 Å². The summed E-state index contributed by atoms with van der Waals surface area (Å²) in [6.07, 6.45) is 0.882. The molecule has 5 nitrogen and oxygen atoms in total. The fourth-order valence-corrected chi connectivity index (χ4v) is 0.550.